The van der Waals surface area contributed by atoms with E-state index >= 15 is 0 Å². The van der Waals surface area contributed by atoms with Gasteiger partial charge in [-0.3, -0.25) is 0 Å². The summed E-state index contributed by atoms with van der Waals surface area (Å²) in [7, 11) is 1.85. The lowest BCUT2D eigenvalue weighted by Gasteiger charge is -1.90. The zero-order chi connectivity index (χ0) is 9.80. The molecule has 2 aromatic rings. The Morgan fingerprint density at radius 3 is 2.67 bits per heavy atom. The Morgan fingerprint density at radius 2 is 2.00 bits per heavy atom. The Morgan fingerprint density at radius 1 is 1.27 bits per heavy atom. The summed E-state index contributed by atoms with van der Waals surface area (Å²) in [5.74, 6) is 1.24. The molecule has 0 saturated heterocycles. The molecule has 1 heterocycles. The van der Waals surface area contributed by atoms with Gasteiger partial charge in [0, 0.05) is 5.56 Å². The molecule has 15 heavy (non-hydrogen) atoms. The second-order valence-corrected chi connectivity index (χ2v) is 2.91. The Kier molecular flexibility index (Phi) is 4.27. The van der Waals surface area contributed by atoms with Crippen LogP contribution in [0.4, 0.5) is 0 Å². The maximum atomic E-state index is 5.10. The molecule has 80 valence electrons. The summed E-state index contributed by atoms with van der Waals surface area (Å²) in [4.78, 5) is 4.23. The molecule has 2 rings (SSSR count). The van der Waals surface area contributed by atoms with Crippen molar-refractivity contribution in [2.24, 2.45) is 0 Å². The summed E-state index contributed by atoms with van der Waals surface area (Å²) >= 11 is 0. The Hall–Kier alpha value is -1.39. The SMILES string of the molecule is CNCc1noc(-c2ccccc2)n1.Cl. The highest BCUT2D eigenvalue weighted by atomic mass is 35.5. The lowest BCUT2D eigenvalue weighted by atomic mass is 10.2. The van der Waals surface area contributed by atoms with E-state index < -0.39 is 0 Å². The molecule has 1 N–H and O–H groups in total. The monoisotopic (exact) mass is 225 g/mol. The van der Waals surface area contributed by atoms with E-state index in [2.05, 4.69) is 15.5 Å². The van der Waals surface area contributed by atoms with E-state index in [-0.39, 0.29) is 12.4 Å². The molecule has 5 heteroatoms. The van der Waals surface area contributed by atoms with Crippen molar-refractivity contribution in [3.05, 3.63) is 36.2 Å². The van der Waals surface area contributed by atoms with Gasteiger partial charge in [-0.25, -0.2) is 0 Å². The highest BCUT2D eigenvalue weighted by molar-refractivity contribution is 5.85. The van der Waals surface area contributed by atoms with Crippen molar-refractivity contribution >= 4 is 12.4 Å². The van der Waals surface area contributed by atoms with Gasteiger partial charge in [0.2, 0.25) is 0 Å². The summed E-state index contributed by atoms with van der Waals surface area (Å²) < 4.78 is 5.10. The van der Waals surface area contributed by atoms with Gasteiger partial charge in [0.25, 0.3) is 5.89 Å². The molecule has 1 aromatic heterocycles. The Balaban J connectivity index is 0.00000112. The average molecular weight is 226 g/mol. The Bertz CT molecular complexity index is 402. The number of hydrogen-bond acceptors (Lipinski definition) is 4. The molecule has 0 unspecified atom stereocenters. The Labute approximate surface area is 94.1 Å². The van der Waals surface area contributed by atoms with Crippen LogP contribution in [0.3, 0.4) is 0 Å². The van der Waals surface area contributed by atoms with E-state index in [4.69, 9.17) is 4.52 Å². The van der Waals surface area contributed by atoms with Crippen molar-refractivity contribution in [3.63, 3.8) is 0 Å². The van der Waals surface area contributed by atoms with Crippen LogP contribution >= 0.6 is 12.4 Å². The zero-order valence-electron chi connectivity index (χ0n) is 8.30. The molecule has 0 fully saturated rings. The number of nitrogens with one attached hydrogen (secondary N) is 1. The quantitative estimate of drug-likeness (QED) is 0.867. The van der Waals surface area contributed by atoms with Crippen molar-refractivity contribution in [2.45, 2.75) is 6.54 Å². The van der Waals surface area contributed by atoms with E-state index in [0.29, 0.717) is 18.3 Å². The molecule has 1 aromatic carbocycles. The van der Waals surface area contributed by atoms with Crippen molar-refractivity contribution in [1.29, 1.82) is 0 Å². The first kappa shape index (κ1) is 11.7. The van der Waals surface area contributed by atoms with Crippen LogP contribution in [0.15, 0.2) is 34.9 Å². The largest absolute Gasteiger partial charge is 0.334 e. The predicted octanol–water partition coefficient (Wildman–Crippen LogP) is 1.88. The molecule has 0 saturated carbocycles. The van der Waals surface area contributed by atoms with Crippen LogP contribution in [0.5, 0.6) is 0 Å². The fourth-order valence-corrected chi connectivity index (χ4v) is 1.18. The molecular formula is C10H12ClN3O. The minimum absolute atomic E-state index is 0. The molecule has 0 aliphatic carbocycles. The molecule has 0 atom stereocenters. The van der Waals surface area contributed by atoms with Gasteiger partial charge < -0.3 is 9.84 Å². The molecule has 4 nitrogen and oxygen atoms in total. The summed E-state index contributed by atoms with van der Waals surface area (Å²) in [5.41, 5.74) is 0.947. The third-order valence-electron chi connectivity index (χ3n) is 1.82. The minimum atomic E-state index is 0. The van der Waals surface area contributed by atoms with Crippen LogP contribution in [-0.4, -0.2) is 17.2 Å². The lowest BCUT2D eigenvalue weighted by molar-refractivity contribution is 0.420. The van der Waals surface area contributed by atoms with Crippen LogP contribution < -0.4 is 5.32 Å². The van der Waals surface area contributed by atoms with Crippen LogP contribution in [0, 0.1) is 0 Å². The van der Waals surface area contributed by atoms with Crippen molar-refractivity contribution in [3.8, 4) is 11.5 Å². The number of aromatic nitrogens is 2. The molecule has 0 amide bonds. The first-order chi connectivity index (χ1) is 6.90. The summed E-state index contributed by atoms with van der Waals surface area (Å²) in [6, 6.07) is 9.72. The fourth-order valence-electron chi connectivity index (χ4n) is 1.18. The van der Waals surface area contributed by atoms with Gasteiger partial charge in [-0.2, -0.15) is 4.98 Å². The third kappa shape index (κ3) is 2.78. The van der Waals surface area contributed by atoms with Gasteiger partial charge in [0.15, 0.2) is 5.82 Å². The van der Waals surface area contributed by atoms with E-state index in [0.717, 1.165) is 5.56 Å². The first-order valence-corrected chi connectivity index (χ1v) is 4.43. The lowest BCUT2D eigenvalue weighted by Crippen LogP contribution is -2.06. The average Bonchev–Trinajstić information content (AvgIpc) is 2.68. The smallest absolute Gasteiger partial charge is 0.257 e. The highest BCUT2D eigenvalue weighted by Gasteiger charge is 2.06. The zero-order valence-corrected chi connectivity index (χ0v) is 9.12. The summed E-state index contributed by atoms with van der Waals surface area (Å²) in [6.45, 7) is 0.621. The van der Waals surface area contributed by atoms with Gasteiger partial charge in [0.05, 0.1) is 6.54 Å². The normalized spacial score (nSPS) is 9.67. The van der Waals surface area contributed by atoms with E-state index in [9.17, 15) is 0 Å². The van der Waals surface area contributed by atoms with Gasteiger partial charge in [-0.05, 0) is 19.2 Å². The van der Waals surface area contributed by atoms with Crippen molar-refractivity contribution in [1.82, 2.24) is 15.5 Å². The number of hydrogen-bond donors (Lipinski definition) is 1. The number of nitrogens with zero attached hydrogens (tertiary/aromatic N) is 2. The topological polar surface area (TPSA) is 51.0 Å². The van der Waals surface area contributed by atoms with E-state index in [1.165, 1.54) is 0 Å². The maximum absolute atomic E-state index is 5.10. The number of benzene rings is 1. The fraction of sp³-hybridized carbons (Fsp3) is 0.200. The standard InChI is InChI=1S/C10H11N3O.ClH/c1-11-7-9-12-10(14-13-9)8-5-3-2-4-6-8;/h2-6,11H,7H2,1H3;1H. The third-order valence-corrected chi connectivity index (χ3v) is 1.82. The van der Waals surface area contributed by atoms with Crippen molar-refractivity contribution in [2.75, 3.05) is 7.05 Å². The second-order valence-electron chi connectivity index (χ2n) is 2.91. The molecule has 0 radical (unpaired) electrons. The molecule has 0 bridgehead atoms. The summed E-state index contributed by atoms with van der Waals surface area (Å²) in [5, 5.41) is 6.80. The van der Waals surface area contributed by atoms with E-state index in [1.54, 1.807) is 0 Å². The van der Waals surface area contributed by atoms with Crippen LogP contribution in [0.25, 0.3) is 11.5 Å². The van der Waals surface area contributed by atoms with Crippen LogP contribution in [-0.2, 0) is 6.54 Å². The van der Waals surface area contributed by atoms with Crippen LogP contribution in [0.2, 0.25) is 0 Å². The summed E-state index contributed by atoms with van der Waals surface area (Å²) in [6.07, 6.45) is 0. The first-order valence-electron chi connectivity index (χ1n) is 4.43. The number of rotatable bonds is 3. The molecule has 0 aliphatic heterocycles. The predicted molar refractivity (Wildman–Crippen MR) is 59.7 cm³/mol. The van der Waals surface area contributed by atoms with Gasteiger partial charge in [-0.15, -0.1) is 12.4 Å². The van der Waals surface area contributed by atoms with Gasteiger partial charge in [0.1, 0.15) is 0 Å². The second kappa shape index (κ2) is 5.48. The molecule has 0 spiro atoms. The van der Waals surface area contributed by atoms with E-state index in [1.807, 2.05) is 37.4 Å². The molecule has 0 aliphatic rings. The highest BCUT2D eigenvalue weighted by Crippen LogP contribution is 2.15. The van der Waals surface area contributed by atoms with Gasteiger partial charge >= 0.3 is 0 Å². The molecular weight excluding hydrogens is 214 g/mol. The number of halogens is 1. The minimum Gasteiger partial charge on any atom is -0.334 e. The van der Waals surface area contributed by atoms with Crippen LogP contribution in [0.1, 0.15) is 5.82 Å². The van der Waals surface area contributed by atoms with Crippen molar-refractivity contribution < 1.29 is 4.52 Å². The maximum Gasteiger partial charge on any atom is 0.257 e. The van der Waals surface area contributed by atoms with Gasteiger partial charge in [-0.1, -0.05) is 23.4 Å².